The lowest BCUT2D eigenvalue weighted by atomic mass is 9.73. The molecule has 1 aromatic carbocycles. The number of fused-ring (bicyclic) bond motifs is 1. The summed E-state index contributed by atoms with van der Waals surface area (Å²) in [6.07, 6.45) is 3.59. The predicted octanol–water partition coefficient (Wildman–Crippen LogP) is 2.91. The lowest BCUT2D eigenvalue weighted by Crippen LogP contribution is -2.52. The molecule has 106 valence electrons. The zero-order valence-electron chi connectivity index (χ0n) is 11.9. The number of benzene rings is 1. The van der Waals surface area contributed by atoms with Crippen LogP contribution < -0.4 is 0 Å². The van der Waals surface area contributed by atoms with E-state index >= 15 is 0 Å². The van der Waals surface area contributed by atoms with Crippen LogP contribution in [-0.2, 0) is 4.79 Å². The van der Waals surface area contributed by atoms with Gasteiger partial charge in [-0.05, 0) is 37.3 Å². The summed E-state index contributed by atoms with van der Waals surface area (Å²) in [7, 11) is 0. The monoisotopic (exact) mass is 271 g/mol. The standard InChI is InChI=1S/C17H21NO2/c1-12-10-15-14(11-16(12)19)8-5-9-18(15)17(20)13-6-3-2-4-7-13/h2-4,6-7,12,14-15H,5,8-11H2,1H3/t12-,14+,15+/m1/s1. The second-order valence-corrected chi connectivity index (χ2v) is 6.14. The van der Waals surface area contributed by atoms with Crippen LogP contribution in [0.3, 0.4) is 0 Å². The summed E-state index contributed by atoms with van der Waals surface area (Å²) in [4.78, 5) is 26.6. The number of likely N-dealkylation sites (tertiary alicyclic amines) is 1. The van der Waals surface area contributed by atoms with Crippen molar-refractivity contribution in [2.75, 3.05) is 6.54 Å². The normalized spacial score (nSPS) is 29.9. The summed E-state index contributed by atoms with van der Waals surface area (Å²) in [6, 6.07) is 9.75. The number of ketones is 1. The van der Waals surface area contributed by atoms with Crippen molar-refractivity contribution in [2.24, 2.45) is 11.8 Å². The molecule has 0 spiro atoms. The number of rotatable bonds is 1. The van der Waals surface area contributed by atoms with Gasteiger partial charge in [0.05, 0.1) is 0 Å². The minimum Gasteiger partial charge on any atom is -0.335 e. The van der Waals surface area contributed by atoms with Crippen molar-refractivity contribution in [1.29, 1.82) is 0 Å². The van der Waals surface area contributed by atoms with Gasteiger partial charge in [0.15, 0.2) is 0 Å². The Morgan fingerprint density at radius 1 is 1.25 bits per heavy atom. The molecule has 0 unspecified atom stereocenters. The SMILES string of the molecule is C[C@@H]1C[C@H]2[C@@H](CCCN2C(=O)c2ccccc2)CC1=O. The van der Waals surface area contributed by atoms with Crippen LogP contribution in [0.2, 0.25) is 0 Å². The molecular formula is C17H21NO2. The van der Waals surface area contributed by atoms with E-state index in [1.54, 1.807) is 0 Å². The Balaban J connectivity index is 1.82. The topological polar surface area (TPSA) is 37.4 Å². The number of hydrogen-bond donors (Lipinski definition) is 0. The zero-order valence-corrected chi connectivity index (χ0v) is 11.9. The van der Waals surface area contributed by atoms with Crippen LogP contribution in [0.15, 0.2) is 30.3 Å². The fraction of sp³-hybridized carbons (Fsp3) is 0.529. The molecule has 2 fully saturated rings. The van der Waals surface area contributed by atoms with Gasteiger partial charge >= 0.3 is 0 Å². The molecule has 0 radical (unpaired) electrons. The lowest BCUT2D eigenvalue weighted by molar-refractivity contribution is -0.128. The quantitative estimate of drug-likeness (QED) is 0.787. The Hall–Kier alpha value is -1.64. The van der Waals surface area contributed by atoms with Crippen LogP contribution in [0.25, 0.3) is 0 Å². The molecule has 3 heteroatoms. The minimum atomic E-state index is 0.0976. The van der Waals surface area contributed by atoms with Crippen molar-refractivity contribution >= 4 is 11.7 Å². The summed E-state index contributed by atoms with van der Waals surface area (Å²) in [5.74, 6) is 0.975. The third kappa shape index (κ3) is 2.37. The Bertz CT molecular complexity index is 511. The van der Waals surface area contributed by atoms with Crippen molar-refractivity contribution in [2.45, 2.75) is 38.6 Å². The van der Waals surface area contributed by atoms with Gasteiger partial charge in [-0.15, -0.1) is 0 Å². The van der Waals surface area contributed by atoms with Crippen molar-refractivity contribution in [3.8, 4) is 0 Å². The highest BCUT2D eigenvalue weighted by molar-refractivity contribution is 5.94. The van der Waals surface area contributed by atoms with Gasteiger partial charge in [0.25, 0.3) is 5.91 Å². The van der Waals surface area contributed by atoms with Crippen LogP contribution in [0.5, 0.6) is 0 Å². The van der Waals surface area contributed by atoms with E-state index in [1.807, 2.05) is 42.2 Å². The van der Waals surface area contributed by atoms with E-state index in [2.05, 4.69) is 0 Å². The van der Waals surface area contributed by atoms with Gasteiger partial charge in [0.2, 0.25) is 0 Å². The molecule has 0 aromatic heterocycles. The van der Waals surface area contributed by atoms with E-state index in [0.29, 0.717) is 18.1 Å². The molecule has 1 heterocycles. The third-order valence-corrected chi connectivity index (χ3v) is 4.81. The number of piperidine rings is 1. The van der Waals surface area contributed by atoms with E-state index in [0.717, 1.165) is 31.4 Å². The molecule has 3 nitrogen and oxygen atoms in total. The minimum absolute atomic E-state index is 0.0976. The van der Waals surface area contributed by atoms with Gasteiger partial charge in [-0.2, -0.15) is 0 Å². The maximum Gasteiger partial charge on any atom is 0.254 e. The molecule has 0 N–H and O–H groups in total. The third-order valence-electron chi connectivity index (χ3n) is 4.81. The predicted molar refractivity (Wildman–Crippen MR) is 77.4 cm³/mol. The molecule has 1 aromatic rings. The highest BCUT2D eigenvalue weighted by Crippen LogP contribution is 2.36. The van der Waals surface area contributed by atoms with Gasteiger partial charge in [-0.25, -0.2) is 0 Å². The van der Waals surface area contributed by atoms with Gasteiger partial charge < -0.3 is 4.90 Å². The number of amides is 1. The zero-order chi connectivity index (χ0) is 14.1. The first-order valence-electron chi connectivity index (χ1n) is 7.55. The van der Waals surface area contributed by atoms with Crippen molar-refractivity contribution in [1.82, 2.24) is 4.90 Å². The van der Waals surface area contributed by atoms with E-state index in [1.165, 1.54) is 0 Å². The maximum absolute atomic E-state index is 12.7. The maximum atomic E-state index is 12.7. The Kier molecular flexibility index (Phi) is 3.60. The van der Waals surface area contributed by atoms with Crippen LogP contribution in [0.1, 0.15) is 43.0 Å². The van der Waals surface area contributed by atoms with Gasteiger partial charge in [-0.3, -0.25) is 9.59 Å². The van der Waals surface area contributed by atoms with E-state index < -0.39 is 0 Å². The first kappa shape index (κ1) is 13.3. The molecular weight excluding hydrogens is 250 g/mol. The number of hydrogen-bond acceptors (Lipinski definition) is 2. The highest BCUT2D eigenvalue weighted by Gasteiger charge is 2.41. The molecule has 1 aliphatic heterocycles. The molecule has 1 saturated heterocycles. The van der Waals surface area contributed by atoms with E-state index in [4.69, 9.17) is 0 Å². The van der Waals surface area contributed by atoms with Crippen molar-refractivity contribution < 1.29 is 9.59 Å². The molecule has 1 amide bonds. The number of carbonyl (C=O) groups is 2. The number of nitrogens with zero attached hydrogens (tertiary/aromatic N) is 1. The summed E-state index contributed by atoms with van der Waals surface area (Å²) >= 11 is 0. The second-order valence-electron chi connectivity index (χ2n) is 6.14. The molecule has 2 aliphatic rings. The van der Waals surface area contributed by atoms with Crippen molar-refractivity contribution in [3.63, 3.8) is 0 Å². The largest absolute Gasteiger partial charge is 0.335 e. The molecule has 1 aliphatic carbocycles. The molecule has 3 atom stereocenters. The van der Waals surface area contributed by atoms with Crippen LogP contribution in [0, 0.1) is 11.8 Å². The Morgan fingerprint density at radius 2 is 2.00 bits per heavy atom. The second kappa shape index (κ2) is 5.39. The van der Waals surface area contributed by atoms with Crippen LogP contribution in [0.4, 0.5) is 0 Å². The molecule has 20 heavy (non-hydrogen) atoms. The fourth-order valence-corrected chi connectivity index (χ4v) is 3.65. The van der Waals surface area contributed by atoms with Crippen molar-refractivity contribution in [3.05, 3.63) is 35.9 Å². The first-order chi connectivity index (χ1) is 9.66. The summed E-state index contributed by atoms with van der Waals surface area (Å²) in [5, 5.41) is 0. The first-order valence-corrected chi connectivity index (χ1v) is 7.55. The summed E-state index contributed by atoms with van der Waals surface area (Å²) in [5.41, 5.74) is 0.762. The summed E-state index contributed by atoms with van der Waals surface area (Å²) < 4.78 is 0. The van der Waals surface area contributed by atoms with Crippen LogP contribution >= 0.6 is 0 Å². The summed E-state index contributed by atoms with van der Waals surface area (Å²) in [6.45, 7) is 2.83. The van der Waals surface area contributed by atoms with E-state index in [9.17, 15) is 9.59 Å². The molecule has 1 saturated carbocycles. The van der Waals surface area contributed by atoms with Gasteiger partial charge in [0.1, 0.15) is 5.78 Å². The van der Waals surface area contributed by atoms with Gasteiger partial charge in [0, 0.05) is 30.5 Å². The van der Waals surface area contributed by atoms with Gasteiger partial charge in [-0.1, -0.05) is 25.1 Å². The van der Waals surface area contributed by atoms with E-state index in [-0.39, 0.29) is 17.9 Å². The Labute approximate surface area is 120 Å². The average Bonchev–Trinajstić information content (AvgIpc) is 2.48. The highest BCUT2D eigenvalue weighted by atomic mass is 16.2. The molecule has 3 rings (SSSR count). The average molecular weight is 271 g/mol. The van der Waals surface area contributed by atoms with Crippen LogP contribution in [-0.4, -0.2) is 29.2 Å². The fourth-order valence-electron chi connectivity index (χ4n) is 3.65. The number of Topliss-reactive ketones (excluding diaryl/α,β-unsaturated/α-hetero) is 1. The smallest absolute Gasteiger partial charge is 0.254 e. The Morgan fingerprint density at radius 3 is 2.75 bits per heavy atom. The number of carbonyl (C=O) groups excluding carboxylic acids is 2. The lowest BCUT2D eigenvalue weighted by Gasteiger charge is -2.45. The molecule has 0 bridgehead atoms.